The van der Waals surface area contributed by atoms with E-state index in [1.165, 1.54) is 0 Å². The summed E-state index contributed by atoms with van der Waals surface area (Å²) in [6.45, 7) is 2.60. The first-order chi connectivity index (χ1) is 7.78. The van der Waals surface area contributed by atoms with Crippen molar-refractivity contribution >= 4 is 17.4 Å². The molecule has 0 atom stereocenters. The zero-order valence-electron chi connectivity index (χ0n) is 9.17. The predicted molar refractivity (Wildman–Crippen MR) is 66.7 cm³/mol. The molecule has 88 valence electrons. The van der Waals surface area contributed by atoms with Crippen LogP contribution < -0.4 is 16.4 Å². The zero-order chi connectivity index (χ0) is 11.4. The largest absolute Gasteiger partial charge is 0.367 e. The maximum absolute atomic E-state index is 5.93. The van der Waals surface area contributed by atoms with Crippen LogP contribution in [0.3, 0.4) is 0 Å². The Hall–Kier alpha value is -0.840. The third kappa shape index (κ3) is 3.07. The number of nitrogens with two attached hydrogens (primary N) is 1. The van der Waals surface area contributed by atoms with Crippen LogP contribution in [-0.2, 0) is 6.54 Å². The number of anilines is 1. The standard InChI is InChI=1S/C11H17ClN4/c12-10-5-8(7-13)6-11(16-10)15-9-1-3-14-4-2-9/h5-6,9,14H,1-4,7,13H2,(H,15,16). The Kier molecular flexibility index (Phi) is 3.98. The Morgan fingerprint density at radius 2 is 2.19 bits per heavy atom. The van der Waals surface area contributed by atoms with Gasteiger partial charge in [0.1, 0.15) is 11.0 Å². The van der Waals surface area contributed by atoms with E-state index in [1.54, 1.807) is 6.07 Å². The summed E-state index contributed by atoms with van der Waals surface area (Å²) >= 11 is 5.93. The molecule has 1 saturated heterocycles. The molecule has 16 heavy (non-hydrogen) atoms. The lowest BCUT2D eigenvalue weighted by Gasteiger charge is -2.24. The summed E-state index contributed by atoms with van der Waals surface area (Å²) in [6, 6.07) is 4.25. The van der Waals surface area contributed by atoms with Gasteiger partial charge in [0.2, 0.25) is 0 Å². The topological polar surface area (TPSA) is 63.0 Å². The molecule has 0 amide bonds. The molecule has 2 rings (SSSR count). The molecule has 1 aromatic rings. The van der Waals surface area contributed by atoms with Gasteiger partial charge in [-0.05, 0) is 43.6 Å². The number of pyridine rings is 1. The van der Waals surface area contributed by atoms with E-state index in [0.29, 0.717) is 17.7 Å². The third-order valence-corrected chi connectivity index (χ3v) is 2.97. The first kappa shape index (κ1) is 11.6. The summed E-state index contributed by atoms with van der Waals surface area (Å²) in [4.78, 5) is 4.25. The minimum absolute atomic E-state index is 0.484. The number of nitrogens with one attached hydrogen (secondary N) is 2. The number of hydrogen-bond donors (Lipinski definition) is 3. The van der Waals surface area contributed by atoms with Crippen molar-refractivity contribution in [2.45, 2.75) is 25.4 Å². The summed E-state index contributed by atoms with van der Waals surface area (Å²) in [5.74, 6) is 0.833. The summed E-state index contributed by atoms with van der Waals surface area (Å²) in [5, 5.41) is 7.23. The van der Waals surface area contributed by atoms with E-state index in [0.717, 1.165) is 37.3 Å². The first-order valence-electron chi connectivity index (χ1n) is 5.61. The van der Waals surface area contributed by atoms with Crippen molar-refractivity contribution in [3.63, 3.8) is 0 Å². The number of nitrogens with zero attached hydrogens (tertiary/aromatic N) is 1. The highest BCUT2D eigenvalue weighted by Crippen LogP contribution is 2.17. The molecule has 1 aliphatic heterocycles. The lowest BCUT2D eigenvalue weighted by molar-refractivity contribution is 0.478. The Bertz CT molecular complexity index is 350. The fraction of sp³-hybridized carbons (Fsp3) is 0.545. The van der Waals surface area contributed by atoms with Crippen molar-refractivity contribution in [1.29, 1.82) is 0 Å². The second kappa shape index (κ2) is 5.48. The number of halogens is 1. The summed E-state index contributed by atoms with van der Waals surface area (Å²) in [7, 11) is 0. The van der Waals surface area contributed by atoms with Crippen LogP contribution in [0.5, 0.6) is 0 Å². The Labute approximate surface area is 101 Å². The van der Waals surface area contributed by atoms with Gasteiger partial charge < -0.3 is 16.4 Å². The fourth-order valence-corrected chi connectivity index (χ4v) is 2.15. The molecule has 0 aromatic carbocycles. The van der Waals surface area contributed by atoms with Gasteiger partial charge in [-0.15, -0.1) is 0 Å². The zero-order valence-corrected chi connectivity index (χ0v) is 9.93. The van der Waals surface area contributed by atoms with Crippen molar-refractivity contribution in [1.82, 2.24) is 10.3 Å². The highest BCUT2D eigenvalue weighted by atomic mass is 35.5. The third-order valence-electron chi connectivity index (χ3n) is 2.78. The SMILES string of the molecule is NCc1cc(Cl)nc(NC2CCNCC2)c1. The highest BCUT2D eigenvalue weighted by Gasteiger charge is 2.13. The van der Waals surface area contributed by atoms with Gasteiger partial charge in [0, 0.05) is 12.6 Å². The maximum atomic E-state index is 5.93. The fourth-order valence-electron chi connectivity index (χ4n) is 1.92. The smallest absolute Gasteiger partial charge is 0.131 e. The monoisotopic (exact) mass is 240 g/mol. The minimum atomic E-state index is 0.484. The molecule has 0 spiro atoms. The van der Waals surface area contributed by atoms with E-state index in [-0.39, 0.29) is 0 Å². The van der Waals surface area contributed by atoms with Crippen LogP contribution in [0.1, 0.15) is 18.4 Å². The van der Waals surface area contributed by atoms with Gasteiger partial charge in [-0.2, -0.15) is 0 Å². The van der Waals surface area contributed by atoms with Gasteiger partial charge in [-0.1, -0.05) is 11.6 Å². The average molecular weight is 241 g/mol. The van der Waals surface area contributed by atoms with Crippen LogP contribution in [0.4, 0.5) is 5.82 Å². The molecule has 0 saturated carbocycles. The number of rotatable bonds is 3. The van der Waals surface area contributed by atoms with Crippen LogP contribution >= 0.6 is 11.6 Å². The summed E-state index contributed by atoms with van der Waals surface area (Å²) in [6.07, 6.45) is 2.23. The molecule has 0 aliphatic carbocycles. The molecule has 4 N–H and O–H groups in total. The molecule has 1 aromatic heterocycles. The van der Waals surface area contributed by atoms with E-state index >= 15 is 0 Å². The molecule has 2 heterocycles. The molecule has 4 nitrogen and oxygen atoms in total. The molecule has 1 aliphatic rings. The molecule has 0 unspecified atom stereocenters. The van der Waals surface area contributed by atoms with Gasteiger partial charge in [0.25, 0.3) is 0 Å². The van der Waals surface area contributed by atoms with Gasteiger partial charge in [0.15, 0.2) is 0 Å². The van der Waals surface area contributed by atoms with Crippen LogP contribution in [0.2, 0.25) is 5.15 Å². The maximum Gasteiger partial charge on any atom is 0.131 e. The lowest BCUT2D eigenvalue weighted by atomic mass is 10.1. The quantitative estimate of drug-likeness (QED) is 0.699. The van der Waals surface area contributed by atoms with Crippen molar-refractivity contribution in [2.24, 2.45) is 5.73 Å². The molecular weight excluding hydrogens is 224 g/mol. The molecule has 5 heteroatoms. The van der Waals surface area contributed by atoms with Crippen molar-refractivity contribution in [2.75, 3.05) is 18.4 Å². The van der Waals surface area contributed by atoms with E-state index in [2.05, 4.69) is 15.6 Å². The van der Waals surface area contributed by atoms with E-state index < -0.39 is 0 Å². The molecular formula is C11H17ClN4. The van der Waals surface area contributed by atoms with Gasteiger partial charge in [-0.25, -0.2) is 4.98 Å². The van der Waals surface area contributed by atoms with Crippen molar-refractivity contribution in [3.05, 3.63) is 22.8 Å². The van der Waals surface area contributed by atoms with Crippen molar-refractivity contribution < 1.29 is 0 Å². The Morgan fingerprint density at radius 1 is 1.44 bits per heavy atom. The van der Waals surface area contributed by atoms with Crippen LogP contribution in [0.25, 0.3) is 0 Å². The minimum Gasteiger partial charge on any atom is -0.367 e. The molecule has 0 radical (unpaired) electrons. The van der Waals surface area contributed by atoms with Gasteiger partial charge >= 0.3 is 0 Å². The first-order valence-corrected chi connectivity index (χ1v) is 5.99. The molecule has 1 fully saturated rings. The van der Waals surface area contributed by atoms with Crippen LogP contribution in [0.15, 0.2) is 12.1 Å². The Balaban J connectivity index is 2.04. The van der Waals surface area contributed by atoms with Crippen molar-refractivity contribution in [3.8, 4) is 0 Å². The normalized spacial score (nSPS) is 17.4. The van der Waals surface area contributed by atoms with Crippen LogP contribution in [-0.4, -0.2) is 24.1 Å². The van der Waals surface area contributed by atoms with Crippen LogP contribution in [0, 0.1) is 0 Å². The van der Waals surface area contributed by atoms with E-state index in [1.807, 2.05) is 6.07 Å². The number of hydrogen-bond acceptors (Lipinski definition) is 4. The predicted octanol–water partition coefficient (Wildman–Crippen LogP) is 1.36. The average Bonchev–Trinajstić information content (AvgIpc) is 2.29. The van der Waals surface area contributed by atoms with E-state index in [4.69, 9.17) is 17.3 Å². The lowest BCUT2D eigenvalue weighted by Crippen LogP contribution is -2.35. The van der Waals surface area contributed by atoms with Gasteiger partial charge in [0.05, 0.1) is 0 Å². The highest BCUT2D eigenvalue weighted by molar-refractivity contribution is 6.29. The van der Waals surface area contributed by atoms with Gasteiger partial charge in [-0.3, -0.25) is 0 Å². The molecule has 0 bridgehead atoms. The summed E-state index contributed by atoms with van der Waals surface area (Å²) in [5.41, 5.74) is 6.61. The van der Waals surface area contributed by atoms with E-state index in [9.17, 15) is 0 Å². The number of aromatic nitrogens is 1. The second-order valence-corrected chi connectivity index (χ2v) is 4.44. The summed E-state index contributed by atoms with van der Waals surface area (Å²) < 4.78 is 0. The Morgan fingerprint density at radius 3 is 2.88 bits per heavy atom. The number of piperidine rings is 1. The second-order valence-electron chi connectivity index (χ2n) is 4.06.